The van der Waals surface area contributed by atoms with Crippen LogP contribution in [-0.2, 0) is 16.1 Å². The van der Waals surface area contributed by atoms with E-state index in [4.69, 9.17) is 9.15 Å². The van der Waals surface area contributed by atoms with Crippen LogP contribution >= 0.6 is 0 Å². The van der Waals surface area contributed by atoms with E-state index >= 15 is 0 Å². The van der Waals surface area contributed by atoms with Crippen LogP contribution in [-0.4, -0.2) is 21.9 Å². The van der Waals surface area contributed by atoms with Crippen molar-refractivity contribution in [3.8, 4) is 11.5 Å². The van der Waals surface area contributed by atoms with Crippen molar-refractivity contribution in [1.29, 1.82) is 0 Å². The van der Waals surface area contributed by atoms with Crippen molar-refractivity contribution < 1.29 is 18.7 Å². The predicted octanol–water partition coefficient (Wildman–Crippen LogP) is 3.44. The topological polar surface area (TPSA) is 82.3 Å². The summed E-state index contributed by atoms with van der Waals surface area (Å²) in [6, 6.07) is 18.1. The summed E-state index contributed by atoms with van der Waals surface area (Å²) in [6.45, 7) is -0.113. The van der Waals surface area contributed by atoms with Gasteiger partial charge in [-0.2, -0.15) is 0 Å². The van der Waals surface area contributed by atoms with Gasteiger partial charge in [0.2, 0.25) is 5.89 Å². The first-order chi connectivity index (χ1) is 12.2. The number of benzene rings is 2. The van der Waals surface area contributed by atoms with Crippen LogP contribution in [0.4, 0.5) is 0 Å². The molecule has 0 amide bonds. The minimum absolute atomic E-state index is 0.00735. The number of carbonyl (C=O) groups is 2. The fourth-order valence-corrected chi connectivity index (χ4v) is 2.21. The largest absolute Gasteiger partial charge is 0.456 e. The highest BCUT2D eigenvalue weighted by molar-refractivity contribution is 5.97. The van der Waals surface area contributed by atoms with Gasteiger partial charge in [-0.05, 0) is 12.1 Å². The van der Waals surface area contributed by atoms with Crippen molar-refractivity contribution >= 4 is 11.8 Å². The SMILES string of the molecule is O=C(CCC(=O)c1ccccc1)OCc1nnc(-c2ccccc2)o1. The van der Waals surface area contributed by atoms with Gasteiger partial charge in [0.15, 0.2) is 12.4 Å². The van der Waals surface area contributed by atoms with E-state index < -0.39 is 5.97 Å². The van der Waals surface area contributed by atoms with E-state index in [2.05, 4.69) is 10.2 Å². The lowest BCUT2D eigenvalue weighted by molar-refractivity contribution is -0.145. The Labute approximate surface area is 144 Å². The normalized spacial score (nSPS) is 10.4. The monoisotopic (exact) mass is 336 g/mol. The summed E-state index contributed by atoms with van der Waals surface area (Å²) in [5.74, 6) is -0.00191. The molecular weight excluding hydrogens is 320 g/mol. The highest BCUT2D eigenvalue weighted by Gasteiger charge is 2.13. The third-order valence-electron chi connectivity index (χ3n) is 3.50. The maximum absolute atomic E-state index is 11.9. The fourth-order valence-electron chi connectivity index (χ4n) is 2.21. The maximum Gasteiger partial charge on any atom is 0.306 e. The number of hydrogen-bond donors (Lipinski definition) is 0. The van der Waals surface area contributed by atoms with Gasteiger partial charge in [0.05, 0.1) is 6.42 Å². The Bertz CT molecular complexity index is 844. The number of esters is 1. The standard InChI is InChI=1S/C19H16N2O4/c22-16(14-7-3-1-4-8-14)11-12-18(23)24-13-17-20-21-19(25-17)15-9-5-2-6-10-15/h1-10H,11-13H2. The summed E-state index contributed by atoms with van der Waals surface area (Å²) in [5.41, 5.74) is 1.38. The quantitative estimate of drug-likeness (QED) is 0.485. The van der Waals surface area contributed by atoms with Gasteiger partial charge >= 0.3 is 5.97 Å². The van der Waals surface area contributed by atoms with E-state index in [0.717, 1.165) is 5.56 Å². The molecule has 3 aromatic rings. The number of aromatic nitrogens is 2. The third-order valence-corrected chi connectivity index (χ3v) is 3.50. The minimum atomic E-state index is -0.483. The summed E-state index contributed by atoms with van der Waals surface area (Å²) in [4.78, 5) is 23.7. The lowest BCUT2D eigenvalue weighted by atomic mass is 10.1. The van der Waals surface area contributed by atoms with Crippen LogP contribution in [0, 0.1) is 0 Å². The van der Waals surface area contributed by atoms with Crippen LogP contribution in [0.1, 0.15) is 29.1 Å². The molecular formula is C19H16N2O4. The Morgan fingerprint density at radius 2 is 1.56 bits per heavy atom. The first-order valence-corrected chi connectivity index (χ1v) is 7.84. The van der Waals surface area contributed by atoms with Gasteiger partial charge in [-0.15, -0.1) is 10.2 Å². The smallest absolute Gasteiger partial charge is 0.306 e. The molecule has 0 aliphatic heterocycles. The van der Waals surface area contributed by atoms with E-state index in [1.807, 2.05) is 36.4 Å². The van der Waals surface area contributed by atoms with Gasteiger partial charge in [-0.3, -0.25) is 9.59 Å². The Morgan fingerprint density at radius 1 is 0.880 bits per heavy atom. The van der Waals surface area contributed by atoms with Crippen molar-refractivity contribution in [2.75, 3.05) is 0 Å². The van der Waals surface area contributed by atoms with Crippen molar-refractivity contribution in [3.63, 3.8) is 0 Å². The van der Waals surface area contributed by atoms with Gasteiger partial charge in [-0.25, -0.2) is 0 Å². The molecule has 0 aliphatic carbocycles. The second-order valence-electron chi connectivity index (χ2n) is 5.32. The number of ether oxygens (including phenoxy) is 1. The van der Waals surface area contributed by atoms with Crippen molar-refractivity contribution in [1.82, 2.24) is 10.2 Å². The van der Waals surface area contributed by atoms with E-state index in [0.29, 0.717) is 11.5 Å². The lowest BCUT2D eigenvalue weighted by Gasteiger charge is -2.02. The van der Waals surface area contributed by atoms with Gasteiger partial charge in [-0.1, -0.05) is 48.5 Å². The van der Waals surface area contributed by atoms with Crippen LogP contribution in [0.5, 0.6) is 0 Å². The molecule has 0 unspecified atom stereocenters. The van der Waals surface area contributed by atoms with Crippen molar-refractivity contribution in [2.45, 2.75) is 19.4 Å². The summed E-state index contributed by atoms with van der Waals surface area (Å²) in [5, 5.41) is 7.76. The summed E-state index contributed by atoms with van der Waals surface area (Å²) >= 11 is 0. The number of hydrogen-bond acceptors (Lipinski definition) is 6. The fraction of sp³-hybridized carbons (Fsp3) is 0.158. The van der Waals surface area contributed by atoms with Crippen molar-refractivity contribution in [2.24, 2.45) is 0 Å². The van der Waals surface area contributed by atoms with E-state index in [9.17, 15) is 9.59 Å². The highest BCUT2D eigenvalue weighted by atomic mass is 16.5. The van der Waals surface area contributed by atoms with Crippen LogP contribution in [0.2, 0.25) is 0 Å². The van der Waals surface area contributed by atoms with E-state index in [1.165, 1.54) is 0 Å². The molecule has 6 heteroatoms. The number of ketones is 1. The third kappa shape index (κ3) is 4.60. The molecule has 0 saturated carbocycles. The molecule has 0 fully saturated rings. The van der Waals surface area contributed by atoms with Gasteiger partial charge in [0.25, 0.3) is 5.89 Å². The predicted molar refractivity (Wildman–Crippen MR) is 89.5 cm³/mol. The Hall–Kier alpha value is -3.28. The number of Topliss-reactive ketones (excluding diaryl/α,β-unsaturated/α-hetero) is 1. The van der Waals surface area contributed by atoms with Crippen LogP contribution in [0.25, 0.3) is 11.5 Å². The zero-order valence-electron chi connectivity index (χ0n) is 13.4. The Balaban J connectivity index is 1.47. The van der Waals surface area contributed by atoms with E-state index in [-0.39, 0.29) is 31.1 Å². The molecule has 6 nitrogen and oxygen atoms in total. The molecule has 0 atom stereocenters. The molecule has 0 radical (unpaired) electrons. The second kappa shape index (κ2) is 8.01. The average molecular weight is 336 g/mol. The number of carbonyl (C=O) groups excluding carboxylic acids is 2. The second-order valence-corrected chi connectivity index (χ2v) is 5.32. The van der Waals surface area contributed by atoms with E-state index in [1.54, 1.807) is 24.3 Å². The molecule has 0 saturated heterocycles. The summed E-state index contributed by atoms with van der Waals surface area (Å²) in [7, 11) is 0. The van der Waals surface area contributed by atoms with Gasteiger partial charge < -0.3 is 9.15 Å². The first kappa shape index (κ1) is 16.6. The van der Waals surface area contributed by atoms with Gasteiger partial charge in [0, 0.05) is 17.5 Å². The molecule has 1 heterocycles. The lowest BCUT2D eigenvalue weighted by Crippen LogP contribution is -2.08. The molecule has 126 valence electrons. The molecule has 0 spiro atoms. The van der Waals surface area contributed by atoms with Crippen LogP contribution < -0.4 is 0 Å². The highest BCUT2D eigenvalue weighted by Crippen LogP contribution is 2.17. The summed E-state index contributed by atoms with van der Waals surface area (Å²) < 4.78 is 10.5. The molecule has 0 bridgehead atoms. The molecule has 3 rings (SSSR count). The average Bonchev–Trinajstić information content (AvgIpc) is 3.15. The van der Waals surface area contributed by atoms with Crippen LogP contribution in [0.3, 0.4) is 0 Å². The molecule has 2 aromatic carbocycles. The minimum Gasteiger partial charge on any atom is -0.456 e. The van der Waals surface area contributed by atoms with Crippen molar-refractivity contribution in [3.05, 3.63) is 72.1 Å². The zero-order chi connectivity index (χ0) is 17.5. The van der Waals surface area contributed by atoms with Crippen LogP contribution in [0.15, 0.2) is 65.1 Å². The Kier molecular flexibility index (Phi) is 5.31. The first-order valence-electron chi connectivity index (χ1n) is 7.84. The Morgan fingerprint density at radius 3 is 2.28 bits per heavy atom. The van der Waals surface area contributed by atoms with Gasteiger partial charge in [0.1, 0.15) is 0 Å². The summed E-state index contributed by atoms with van der Waals surface area (Å²) in [6.07, 6.45) is 0.107. The molecule has 25 heavy (non-hydrogen) atoms. The number of nitrogens with zero attached hydrogens (tertiary/aromatic N) is 2. The molecule has 1 aromatic heterocycles. The molecule has 0 N–H and O–H groups in total. The zero-order valence-corrected chi connectivity index (χ0v) is 13.4. The molecule has 0 aliphatic rings. The number of rotatable bonds is 7. The maximum atomic E-state index is 11.9.